The van der Waals surface area contributed by atoms with Crippen molar-refractivity contribution in [3.63, 3.8) is 0 Å². The van der Waals surface area contributed by atoms with E-state index in [4.69, 9.17) is 13.9 Å². The van der Waals surface area contributed by atoms with E-state index in [1.807, 2.05) is 30.2 Å². The van der Waals surface area contributed by atoms with E-state index in [1.165, 1.54) is 5.56 Å². The highest BCUT2D eigenvalue weighted by molar-refractivity contribution is 5.85. The van der Waals surface area contributed by atoms with Crippen molar-refractivity contribution in [2.75, 3.05) is 26.8 Å². The molecule has 0 atom stereocenters. The van der Waals surface area contributed by atoms with Gasteiger partial charge in [0.2, 0.25) is 5.91 Å². The number of ether oxygens (including phenoxy) is 2. The SMILES string of the molecule is COc1ccc2c(C)c(CC(=O)N3CCC4(CC3)OCCc3cn[nH]c34)c(=O)oc2c1. The average molecular weight is 423 g/mol. The Kier molecular flexibility index (Phi) is 4.81. The first-order valence-corrected chi connectivity index (χ1v) is 10.6. The summed E-state index contributed by atoms with van der Waals surface area (Å²) in [6.45, 7) is 3.68. The van der Waals surface area contributed by atoms with E-state index in [2.05, 4.69) is 10.2 Å². The van der Waals surface area contributed by atoms with Crippen LogP contribution in [0, 0.1) is 6.92 Å². The molecule has 0 unspecified atom stereocenters. The van der Waals surface area contributed by atoms with E-state index >= 15 is 0 Å². The molecule has 1 N–H and O–H groups in total. The number of likely N-dealkylation sites (tertiary alicyclic amines) is 1. The van der Waals surface area contributed by atoms with Crippen molar-refractivity contribution in [3.8, 4) is 5.75 Å². The first-order chi connectivity index (χ1) is 15.0. The maximum absolute atomic E-state index is 13.0. The highest BCUT2D eigenvalue weighted by atomic mass is 16.5. The number of hydrogen-bond donors (Lipinski definition) is 1. The summed E-state index contributed by atoms with van der Waals surface area (Å²) >= 11 is 0. The van der Waals surface area contributed by atoms with Gasteiger partial charge in [-0.15, -0.1) is 0 Å². The molecule has 2 aromatic heterocycles. The van der Waals surface area contributed by atoms with Crippen molar-refractivity contribution in [1.29, 1.82) is 0 Å². The number of rotatable bonds is 3. The van der Waals surface area contributed by atoms with Gasteiger partial charge in [-0.05, 0) is 49.4 Å². The first-order valence-electron chi connectivity index (χ1n) is 10.6. The Hall–Kier alpha value is -3.13. The summed E-state index contributed by atoms with van der Waals surface area (Å²) in [5.41, 5.74) is 3.03. The van der Waals surface area contributed by atoms with Crippen molar-refractivity contribution in [2.45, 2.75) is 38.2 Å². The second kappa shape index (κ2) is 7.53. The second-order valence-electron chi connectivity index (χ2n) is 8.28. The Morgan fingerprint density at radius 1 is 1.32 bits per heavy atom. The van der Waals surface area contributed by atoms with Gasteiger partial charge in [-0.25, -0.2) is 4.79 Å². The van der Waals surface area contributed by atoms with E-state index < -0.39 is 11.2 Å². The predicted octanol–water partition coefficient (Wildman–Crippen LogP) is 2.47. The minimum Gasteiger partial charge on any atom is -0.497 e. The normalized spacial score (nSPS) is 17.7. The van der Waals surface area contributed by atoms with Gasteiger partial charge in [-0.2, -0.15) is 5.10 Å². The molecule has 1 saturated heterocycles. The van der Waals surface area contributed by atoms with Crippen molar-refractivity contribution >= 4 is 16.9 Å². The topological polar surface area (TPSA) is 97.7 Å². The minimum atomic E-state index is -0.474. The van der Waals surface area contributed by atoms with Gasteiger partial charge in [0, 0.05) is 24.5 Å². The average Bonchev–Trinajstić information content (AvgIpc) is 3.27. The quantitative estimate of drug-likeness (QED) is 0.650. The number of carbonyl (C=O) groups is 1. The number of fused-ring (bicyclic) bond motifs is 3. The molecule has 162 valence electrons. The van der Waals surface area contributed by atoms with Crippen LogP contribution >= 0.6 is 0 Å². The Labute approximate surface area is 179 Å². The van der Waals surface area contributed by atoms with E-state index in [0.29, 0.717) is 49.4 Å². The van der Waals surface area contributed by atoms with Crippen LogP contribution in [0.2, 0.25) is 0 Å². The molecule has 3 aromatic rings. The third kappa shape index (κ3) is 3.31. The summed E-state index contributed by atoms with van der Waals surface area (Å²) in [4.78, 5) is 27.5. The van der Waals surface area contributed by atoms with Crippen molar-refractivity contribution < 1.29 is 18.7 Å². The molecular weight excluding hydrogens is 398 g/mol. The number of hydrogen-bond acceptors (Lipinski definition) is 6. The van der Waals surface area contributed by atoms with Crippen molar-refractivity contribution in [2.24, 2.45) is 0 Å². The summed E-state index contributed by atoms with van der Waals surface area (Å²) < 4.78 is 16.8. The highest BCUT2D eigenvalue weighted by Gasteiger charge is 2.43. The second-order valence-corrected chi connectivity index (χ2v) is 8.28. The summed E-state index contributed by atoms with van der Waals surface area (Å²) in [5.74, 6) is 0.547. The van der Waals surface area contributed by atoms with Crippen LogP contribution in [0.1, 0.15) is 35.2 Å². The molecule has 2 aliphatic heterocycles. The fourth-order valence-corrected chi connectivity index (χ4v) is 4.80. The minimum absolute atomic E-state index is 0.0271. The molecular formula is C23H25N3O5. The lowest BCUT2D eigenvalue weighted by atomic mass is 9.83. The number of methoxy groups -OCH3 is 1. The maximum atomic E-state index is 13.0. The zero-order chi connectivity index (χ0) is 21.6. The number of H-pyrrole nitrogens is 1. The molecule has 8 nitrogen and oxygen atoms in total. The van der Waals surface area contributed by atoms with Crippen LogP contribution in [0.5, 0.6) is 5.75 Å². The number of amides is 1. The van der Waals surface area contributed by atoms with Crippen LogP contribution in [0.25, 0.3) is 11.0 Å². The molecule has 31 heavy (non-hydrogen) atoms. The number of aromatic amines is 1. The number of aryl methyl sites for hydroxylation is 1. The standard InChI is InChI=1S/C23H25N3O5/c1-14-17-4-3-16(29-2)11-19(17)31-22(28)18(14)12-20(27)26-8-6-23(7-9-26)21-15(5-10-30-23)13-24-25-21/h3-4,11,13H,5-10,12H2,1-2H3,(H,24,25). The molecule has 5 rings (SSSR count). The van der Waals surface area contributed by atoms with Gasteiger partial charge in [0.25, 0.3) is 0 Å². The zero-order valence-electron chi connectivity index (χ0n) is 17.7. The first kappa shape index (κ1) is 19.8. The molecule has 0 bridgehead atoms. The van der Waals surface area contributed by atoms with Gasteiger partial charge in [0.15, 0.2) is 0 Å². The van der Waals surface area contributed by atoms with E-state index in [-0.39, 0.29) is 12.3 Å². The third-order valence-corrected chi connectivity index (χ3v) is 6.67. The van der Waals surface area contributed by atoms with Crippen LogP contribution in [0.15, 0.2) is 33.6 Å². The molecule has 0 radical (unpaired) electrons. The van der Waals surface area contributed by atoms with Gasteiger partial charge < -0.3 is 18.8 Å². The maximum Gasteiger partial charge on any atom is 0.340 e. The van der Waals surface area contributed by atoms with E-state index in [9.17, 15) is 9.59 Å². The Bertz CT molecular complexity index is 1200. The van der Waals surface area contributed by atoms with Crippen molar-refractivity contribution in [1.82, 2.24) is 15.1 Å². The number of piperidine rings is 1. The van der Waals surface area contributed by atoms with Crippen LogP contribution in [0.4, 0.5) is 0 Å². The predicted molar refractivity (Wildman–Crippen MR) is 113 cm³/mol. The Morgan fingerprint density at radius 3 is 2.90 bits per heavy atom. The van der Waals surface area contributed by atoms with Gasteiger partial charge in [-0.1, -0.05) is 0 Å². The lowest BCUT2D eigenvalue weighted by Crippen LogP contribution is -2.49. The summed E-state index contributed by atoms with van der Waals surface area (Å²) in [7, 11) is 1.56. The van der Waals surface area contributed by atoms with Gasteiger partial charge in [0.05, 0.1) is 37.6 Å². The van der Waals surface area contributed by atoms with Gasteiger partial charge in [0.1, 0.15) is 16.9 Å². The molecule has 0 aliphatic carbocycles. The van der Waals surface area contributed by atoms with Crippen molar-refractivity contribution in [3.05, 3.63) is 57.2 Å². The van der Waals surface area contributed by atoms with Crippen LogP contribution in [-0.4, -0.2) is 47.8 Å². The molecule has 4 heterocycles. The Balaban J connectivity index is 1.34. The molecule has 1 amide bonds. The number of carbonyl (C=O) groups excluding carboxylic acids is 1. The van der Waals surface area contributed by atoms with Gasteiger partial charge in [-0.3, -0.25) is 9.89 Å². The molecule has 0 saturated carbocycles. The molecule has 8 heteroatoms. The largest absolute Gasteiger partial charge is 0.497 e. The lowest BCUT2D eigenvalue weighted by Gasteiger charge is -2.43. The number of nitrogens with one attached hydrogen (secondary N) is 1. The van der Waals surface area contributed by atoms with Crippen LogP contribution < -0.4 is 10.4 Å². The van der Waals surface area contributed by atoms with Crippen LogP contribution in [0.3, 0.4) is 0 Å². The zero-order valence-corrected chi connectivity index (χ0v) is 17.7. The summed E-state index contributed by atoms with van der Waals surface area (Å²) in [6.07, 6.45) is 4.17. The fourth-order valence-electron chi connectivity index (χ4n) is 4.80. The smallest absolute Gasteiger partial charge is 0.340 e. The van der Waals surface area contributed by atoms with Gasteiger partial charge >= 0.3 is 5.63 Å². The third-order valence-electron chi connectivity index (χ3n) is 6.67. The fraction of sp³-hybridized carbons (Fsp3) is 0.435. The monoisotopic (exact) mass is 423 g/mol. The summed E-state index contributed by atoms with van der Waals surface area (Å²) in [6, 6.07) is 5.36. The van der Waals surface area contributed by atoms with E-state index in [0.717, 1.165) is 23.1 Å². The molecule has 1 spiro atoms. The Morgan fingerprint density at radius 2 is 2.13 bits per heavy atom. The number of nitrogens with zero attached hydrogens (tertiary/aromatic N) is 2. The number of aromatic nitrogens is 2. The summed E-state index contributed by atoms with van der Waals surface area (Å²) in [5, 5.41) is 8.09. The number of benzene rings is 1. The van der Waals surface area contributed by atoms with Crippen LogP contribution in [-0.2, 0) is 28.0 Å². The molecule has 2 aliphatic rings. The highest BCUT2D eigenvalue weighted by Crippen LogP contribution is 2.40. The lowest BCUT2D eigenvalue weighted by molar-refractivity contribution is -0.140. The molecule has 1 aromatic carbocycles. The van der Waals surface area contributed by atoms with E-state index in [1.54, 1.807) is 13.2 Å². The molecule has 1 fully saturated rings.